The fourth-order valence-corrected chi connectivity index (χ4v) is 1.47. The van der Waals surface area contributed by atoms with Crippen LogP contribution in [-0.2, 0) is 9.59 Å². The van der Waals surface area contributed by atoms with Crippen molar-refractivity contribution in [1.29, 1.82) is 0 Å². The number of carbonyl (C=O) groups is 2. The molecule has 2 amide bonds. The number of methoxy groups -OCH3 is 1. The van der Waals surface area contributed by atoms with Gasteiger partial charge in [0.15, 0.2) is 0 Å². The van der Waals surface area contributed by atoms with Crippen molar-refractivity contribution in [3.63, 3.8) is 0 Å². The van der Waals surface area contributed by atoms with Crippen molar-refractivity contribution in [1.82, 2.24) is 5.32 Å². The summed E-state index contributed by atoms with van der Waals surface area (Å²) in [5, 5.41) is 2.55. The maximum Gasteiger partial charge on any atom is 0.257 e. The first-order valence-electron chi connectivity index (χ1n) is 4.75. The molecule has 0 spiro atoms. The van der Waals surface area contributed by atoms with Gasteiger partial charge in [0.05, 0.1) is 12.7 Å². The number of hydrogen-bond acceptors (Lipinski definition) is 3. The molecule has 0 aliphatic carbocycles. The number of rotatable bonds is 2. The van der Waals surface area contributed by atoms with Gasteiger partial charge in [-0.2, -0.15) is 4.99 Å². The van der Waals surface area contributed by atoms with Crippen LogP contribution < -0.4 is 10.1 Å². The Morgan fingerprint density at radius 1 is 1.31 bits per heavy atom. The van der Waals surface area contributed by atoms with Crippen LogP contribution in [0.3, 0.4) is 0 Å². The van der Waals surface area contributed by atoms with E-state index in [0.29, 0.717) is 11.3 Å². The lowest BCUT2D eigenvalue weighted by Crippen LogP contribution is -2.37. The molecule has 0 saturated heterocycles. The van der Waals surface area contributed by atoms with E-state index in [0.717, 1.165) is 0 Å². The zero-order valence-corrected chi connectivity index (χ0v) is 8.69. The summed E-state index contributed by atoms with van der Waals surface area (Å²) in [6.45, 7) is 0. The van der Waals surface area contributed by atoms with E-state index in [1.807, 2.05) is 0 Å². The Hall–Kier alpha value is -2.17. The molecular weight excluding hydrogens is 208 g/mol. The minimum Gasteiger partial charge on any atom is -0.496 e. The van der Waals surface area contributed by atoms with Crippen LogP contribution in [0.5, 0.6) is 5.75 Å². The Labute approximate surface area is 92.1 Å². The van der Waals surface area contributed by atoms with E-state index >= 15 is 0 Å². The van der Waals surface area contributed by atoms with E-state index in [-0.39, 0.29) is 18.2 Å². The molecule has 1 aromatic rings. The van der Waals surface area contributed by atoms with Crippen molar-refractivity contribution in [2.75, 3.05) is 7.11 Å². The summed E-state index contributed by atoms with van der Waals surface area (Å²) in [5.41, 5.74) is 0.603. The lowest BCUT2D eigenvalue weighted by Gasteiger charge is -2.14. The lowest BCUT2D eigenvalue weighted by molar-refractivity contribution is -0.127. The van der Waals surface area contributed by atoms with Crippen LogP contribution in [0.1, 0.15) is 12.0 Å². The molecule has 1 aromatic carbocycles. The Bertz CT molecular complexity index is 480. The molecule has 0 unspecified atom stereocenters. The van der Waals surface area contributed by atoms with Gasteiger partial charge < -0.3 is 10.1 Å². The van der Waals surface area contributed by atoms with Gasteiger partial charge in [-0.1, -0.05) is 12.1 Å². The summed E-state index contributed by atoms with van der Waals surface area (Å²) in [6.07, 6.45) is -0.196. The van der Waals surface area contributed by atoms with Crippen LogP contribution in [0.25, 0.3) is 0 Å². The number of carbonyl (C=O) groups excluding carboxylic acids is 2. The molecule has 5 nitrogen and oxygen atoms in total. The summed E-state index contributed by atoms with van der Waals surface area (Å²) >= 11 is 0. The first kappa shape index (κ1) is 10.4. The second kappa shape index (κ2) is 4.14. The number of nitrogens with zero attached hydrogens (tertiary/aromatic N) is 1. The number of para-hydroxylation sites is 1. The molecule has 1 aliphatic rings. The van der Waals surface area contributed by atoms with Crippen LogP contribution in [0.2, 0.25) is 0 Å². The number of amidine groups is 1. The molecule has 0 atom stereocenters. The van der Waals surface area contributed by atoms with Gasteiger partial charge in [0.1, 0.15) is 18.0 Å². The predicted octanol–water partition coefficient (Wildman–Crippen LogP) is 0.488. The second-order valence-corrected chi connectivity index (χ2v) is 3.28. The third-order valence-electron chi connectivity index (χ3n) is 2.17. The Morgan fingerprint density at radius 2 is 2.06 bits per heavy atom. The number of ether oxygens (including phenoxy) is 1. The number of hydrogen-bond donors (Lipinski definition) is 1. The molecule has 1 N–H and O–H groups in total. The Morgan fingerprint density at radius 3 is 2.75 bits per heavy atom. The summed E-state index contributed by atoms with van der Waals surface area (Å²) in [5.74, 6) is 0.0283. The van der Waals surface area contributed by atoms with Crippen LogP contribution in [0.4, 0.5) is 0 Å². The van der Waals surface area contributed by atoms with Gasteiger partial charge in [-0.15, -0.1) is 0 Å². The van der Waals surface area contributed by atoms with Crippen molar-refractivity contribution in [2.45, 2.75) is 6.42 Å². The van der Waals surface area contributed by atoms with Gasteiger partial charge in [-0.25, -0.2) is 0 Å². The topological polar surface area (TPSA) is 67.8 Å². The molecule has 5 heteroatoms. The van der Waals surface area contributed by atoms with E-state index in [4.69, 9.17) is 4.74 Å². The summed E-state index contributed by atoms with van der Waals surface area (Å²) in [6, 6.07) is 7.06. The highest BCUT2D eigenvalue weighted by molar-refractivity contribution is 6.20. The van der Waals surface area contributed by atoms with E-state index in [9.17, 15) is 9.59 Å². The van der Waals surface area contributed by atoms with Crippen molar-refractivity contribution < 1.29 is 14.3 Å². The van der Waals surface area contributed by atoms with Gasteiger partial charge in [-0.3, -0.25) is 9.59 Å². The minimum absolute atomic E-state index is 0.196. The first-order chi connectivity index (χ1) is 7.70. The van der Waals surface area contributed by atoms with Crippen molar-refractivity contribution in [2.24, 2.45) is 4.99 Å². The average Bonchev–Trinajstić information content (AvgIpc) is 2.27. The SMILES string of the molecule is COc1ccccc1C1=NC(=O)CC(=O)N1. The zero-order valence-electron chi connectivity index (χ0n) is 8.69. The molecule has 0 bridgehead atoms. The smallest absolute Gasteiger partial charge is 0.257 e. The molecule has 2 rings (SSSR count). The third-order valence-corrected chi connectivity index (χ3v) is 2.17. The molecule has 82 valence electrons. The van der Waals surface area contributed by atoms with E-state index in [1.54, 1.807) is 24.3 Å². The number of benzene rings is 1. The van der Waals surface area contributed by atoms with Gasteiger partial charge in [0, 0.05) is 0 Å². The maximum atomic E-state index is 11.2. The number of nitrogens with one attached hydrogen (secondary N) is 1. The molecule has 1 heterocycles. The van der Waals surface area contributed by atoms with Gasteiger partial charge in [0.2, 0.25) is 5.91 Å². The van der Waals surface area contributed by atoms with Crippen molar-refractivity contribution >= 4 is 17.6 Å². The first-order valence-corrected chi connectivity index (χ1v) is 4.75. The lowest BCUT2D eigenvalue weighted by atomic mass is 10.1. The molecule has 1 aliphatic heterocycles. The van der Waals surface area contributed by atoms with Gasteiger partial charge >= 0.3 is 0 Å². The molecule has 0 saturated carbocycles. The quantitative estimate of drug-likeness (QED) is 0.734. The Kier molecular flexibility index (Phi) is 2.68. The van der Waals surface area contributed by atoms with E-state index < -0.39 is 5.91 Å². The zero-order chi connectivity index (χ0) is 11.5. The largest absolute Gasteiger partial charge is 0.496 e. The van der Waals surface area contributed by atoms with Crippen LogP contribution >= 0.6 is 0 Å². The number of amides is 2. The fourth-order valence-electron chi connectivity index (χ4n) is 1.47. The van der Waals surface area contributed by atoms with Gasteiger partial charge in [-0.05, 0) is 12.1 Å². The van der Waals surface area contributed by atoms with Crippen LogP contribution in [0, 0.1) is 0 Å². The van der Waals surface area contributed by atoms with Crippen molar-refractivity contribution in [3.8, 4) is 5.75 Å². The molecule has 16 heavy (non-hydrogen) atoms. The molecule has 0 aromatic heterocycles. The highest BCUT2D eigenvalue weighted by atomic mass is 16.5. The van der Waals surface area contributed by atoms with E-state index in [2.05, 4.69) is 10.3 Å². The van der Waals surface area contributed by atoms with E-state index in [1.165, 1.54) is 7.11 Å². The minimum atomic E-state index is -0.440. The van der Waals surface area contributed by atoms with Crippen molar-refractivity contribution in [3.05, 3.63) is 29.8 Å². The Balaban J connectivity index is 2.44. The highest BCUT2D eigenvalue weighted by Gasteiger charge is 2.21. The maximum absolute atomic E-state index is 11.2. The monoisotopic (exact) mass is 218 g/mol. The normalized spacial score (nSPS) is 15.4. The predicted molar refractivity (Wildman–Crippen MR) is 57.3 cm³/mol. The molecular formula is C11H10N2O3. The number of aliphatic imine (C=N–C) groups is 1. The van der Waals surface area contributed by atoms with Crippen LogP contribution in [-0.4, -0.2) is 24.8 Å². The average molecular weight is 218 g/mol. The standard InChI is InChI=1S/C11H10N2O3/c1-16-8-5-3-2-4-7(8)11-12-9(14)6-10(15)13-11/h2-5H,6H2,1H3,(H,12,13,14,15). The summed E-state index contributed by atoms with van der Waals surface area (Å²) < 4.78 is 5.13. The highest BCUT2D eigenvalue weighted by Crippen LogP contribution is 2.18. The molecule has 0 radical (unpaired) electrons. The summed E-state index contributed by atoms with van der Waals surface area (Å²) in [7, 11) is 1.52. The van der Waals surface area contributed by atoms with Crippen LogP contribution in [0.15, 0.2) is 29.3 Å². The molecule has 0 fully saturated rings. The fraction of sp³-hybridized carbons (Fsp3) is 0.182. The second-order valence-electron chi connectivity index (χ2n) is 3.28. The summed E-state index contributed by atoms with van der Waals surface area (Å²) in [4.78, 5) is 26.1. The van der Waals surface area contributed by atoms with Gasteiger partial charge in [0.25, 0.3) is 5.91 Å². The third kappa shape index (κ3) is 1.93.